The normalized spacial score (nSPS) is 27.9. The standard InChI is InChI=1S/C9H13NO3/c1-5-3-2-4-6(9(12)13)7(5)8(10)11/h4-5,7H,2-3H2,1H3,(H2,10,11)(H,12,13). The molecular formula is C9H13NO3. The Balaban J connectivity index is 2.96. The Morgan fingerprint density at radius 1 is 1.62 bits per heavy atom. The van der Waals surface area contributed by atoms with Gasteiger partial charge in [-0.1, -0.05) is 13.0 Å². The molecule has 1 aliphatic rings. The largest absolute Gasteiger partial charge is 0.478 e. The molecular weight excluding hydrogens is 170 g/mol. The van der Waals surface area contributed by atoms with Gasteiger partial charge >= 0.3 is 5.97 Å². The zero-order valence-corrected chi connectivity index (χ0v) is 7.49. The molecule has 4 nitrogen and oxygen atoms in total. The second kappa shape index (κ2) is 3.60. The van der Waals surface area contributed by atoms with Gasteiger partial charge in [0.05, 0.1) is 5.92 Å². The summed E-state index contributed by atoms with van der Waals surface area (Å²) in [5.74, 6) is -2.16. The number of rotatable bonds is 2. The van der Waals surface area contributed by atoms with Gasteiger partial charge in [-0.15, -0.1) is 0 Å². The van der Waals surface area contributed by atoms with Gasteiger partial charge in [0.2, 0.25) is 5.91 Å². The van der Waals surface area contributed by atoms with E-state index in [0.717, 1.165) is 6.42 Å². The zero-order valence-electron chi connectivity index (χ0n) is 7.49. The summed E-state index contributed by atoms with van der Waals surface area (Å²) in [4.78, 5) is 21.7. The lowest BCUT2D eigenvalue weighted by Crippen LogP contribution is -2.34. The van der Waals surface area contributed by atoms with Crippen molar-refractivity contribution in [1.82, 2.24) is 0 Å². The molecule has 4 heteroatoms. The Labute approximate surface area is 76.4 Å². The van der Waals surface area contributed by atoms with Gasteiger partial charge in [-0.25, -0.2) is 4.79 Å². The quantitative estimate of drug-likeness (QED) is 0.655. The Kier molecular flexibility index (Phi) is 2.70. The number of carbonyl (C=O) groups is 2. The molecule has 0 spiro atoms. The van der Waals surface area contributed by atoms with E-state index in [1.807, 2.05) is 6.92 Å². The van der Waals surface area contributed by atoms with Crippen molar-refractivity contribution in [3.63, 3.8) is 0 Å². The molecule has 1 rings (SSSR count). The van der Waals surface area contributed by atoms with Crippen LogP contribution in [0.5, 0.6) is 0 Å². The molecule has 0 heterocycles. The molecule has 0 fully saturated rings. The topological polar surface area (TPSA) is 80.4 Å². The molecule has 0 radical (unpaired) electrons. The molecule has 0 aromatic rings. The highest BCUT2D eigenvalue weighted by Gasteiger charge is 2.32. The Morgan fingerprint density at radius 2 is 2.23 bits per heavy atom. The summed E-state index contributed by atoms with van der Waals surface area (Å²) in [6.07, 6.45) is 3.13. The fraction of sp³-hybridized carbons (Fsp3) is 0.556. The van der Waals surface area contributed by atoms with E-state index < -0.39 is 17.8 Å². The van der Waals surface area contributed by atoms with Crippen LogP contribution >= 0.6 is 0 Å². The second-order valence-corrected chi connectivity index (χ2v) is 3.40. The van der Waals surface area contributed by atoms with Crippen molar-refractivity contribution < 1.29 is 14.7 Å². The van der Waals surface area contributed by atoms with Crippen molar-refractivity contribution in [1.29, 1.82) is 0 Å². The summed E-state index contributed by atoms with van der Waals surface area (Å²) >= 11 is 0. The molecule has 0 bridgehead atoms. The van der Waals surface area contributed by atoms with Crippen LogP contribution in [0, 0.1) is 11.8 Å². The van der Waals surface area contributed by atoms with Crippen molar-refractivity contribution in [3.05, 3.63) is 11.6 Å². The lowest BCUT2D eigenvalue weighted by atomic mass is 9.79. The predicted molar refractivity (Wildman–Crippen MR) is 46.8 cm³/mol. The first-order valence-corrected chi connectivity index (χ1v) is 4.26. The molecule has 0 aliphatic heterocycles. The van der Waals surface area contributed by atoms with Crippen LogP contribution in [-0.4, -0.2) is 17.0 Å². The zero-order chi connectivity index (χ0) is 10.0. The minimum absolute atomic E-state index is 0.0357. The second-order valence-electron chi connectivity index (χ2n) is 3.40. The van der Waals surface area contributed by atoms with Crippen LogP contribution < -0.4 is 5.73 Å². The van der Waals surface area contributed by atoms with Gasteiger partial charge in [-0.05, 0) is 18.8 Å². The van der Waals surface area contributed by atoms with Crippen molar-refractivity contribution in [2.24, 2.45) is 17.6 Å². The van der Waals surface area contributed by atoms with Gasteiger partial charge in [0.15, 0.2) is 0 Å². The van der Waals surface area contributed by atoms with Gasteiger partial charge in [-0.2, -0.15) is 0 Å². The summed E-state index contributed by atoms with van der Waals surface area (Å²) in [6.45, 7) is 1.85. The number of nitrogens with two attached hydrogens (primary N) is 1. The van der Waals surface area contributed by atoms with E-state index in [9.17, 15) is 9.59 Å². The third-order valence-corrected chi connectivity index (χ3v) is 2.44. The highest BCUT2D eigenvalue weighted by atomic mass is 16.4. The molecule has 1 aliphatic carbocycles. The van der Waals surface area contributed by atoms with Crippen molar-refractivity contribution >= 4 is 11.9 Å². The van der Waals surface area contributed by atoms with E-state index in [1.54, 1.807) is 6.08 Å². The van der Waals surface area contributed by atoms with E-state index in [0.29, 0.717) is 6.42 Å². The van der Waals surface area contributed by atoms with Crippen LogP contribution in [0.1, 0.15) is 19.8 Å². The summed E-state index contributed by atoms with van der Waals surface area (Å²) in [6, 6.07) is 0. The maximum absolute atomic E-state index is 11.0. The average Bonchev–Trinajstić information content (AvgIpc) is 2.02. The third-order valence-electron chi connectivity index (χ3n) is 2.44. The average molecular weight is 183 g/mol. The van der Waals surface area contributed by atoms with Gasteiger partial charge in [0, 0.05) is 5.57 Å². The number of carboxylic acid groups (broad SMARTS) is 1. The fourth-order valence-electron chi connectivity index (χ4n) is 1.76. The molecule has 0 saturated carbocycles. The number of hydrogen-bond acceptors (Lipinski definition) is 2. The molecule has 3 N–H and O–H groups in total. The van der Waals surface area contributed by atoms with E-state index in [4.69, 9.17) is 10.8 Å². The van der Waals surface area contributed by atoms with E-state index in [-0.39, 0.29) is 11.5 Å². The van der Waals surface area contributed by atoms with Crippen molar-refractivity contribution in [2.45, 2.75) is 19.8 Å². The number of hydrogen-bond donors (Lipinski definition) is 2. The highest BCUT2D eigenvalue weighted by molar-refractivity contribution is 5.95. The predicted octanol–water partition coefficient (Wildman–Crippen LogP) is 0.529. The molecule has 2 unspecified atom stereocenters. The molecule has 0 aromatic carbocycles. The lowest BCUT2D eigenvalue weighted by Gasteiger charge is -2.25. The minimum Gasteiger partial charge on any atom is -0.478 e. The number of carboxylic acids is 1. The highest BCUT2D eigenvalue weighted by Crippen LogP contribution is 2.30. The molecule has 72 valence electrons. The maximum Gasteiger partial charge on any atom is 0.332 e. The SMILES string of the molecule is CC1CCC=C(C(=O)O)C1C(N)=O. The van der Waals surface area contributed by atoms with Crippen LogP contribution in [0.3, 0.4) is 0 Å². The van der Waals surface area contributed by atoms with Gasteiger partial charge in [0.25, 0.3) is 0 Å². The third kappa shape index (κ3) is 1.88. The van der Waals surface area contributed by atoms with Gasteiger partial charge < -0.3 is 10.8 Å². The van der Waals surface area contributed by atoms with Crippen molar-refractivity contribution in [3.8, 4) is 0 Å². The van der Waals surface area contributed by atoms with E-state index in [2.05, 4.69) is 0 Å². The Bertz CT molecular complexity index is 270. The van der Waals surface area contributed by atoms with Gasteiger partial charge in [-0.3, -0.25) is 4.79 Å². The number of carbonyl (C=O) groups excluding carboxylic acids is 1. The molecule has 0 saturated heterocycles. The molecule has 13 heavy (non-hydrogen) atoms. The van der Waals surface area contributed by atoms with E-state index >= 15 is 0 Å². The molecule has 0 aromatic heterocycles. The number of allylic oxidation sites excluding steroid dienone is 1. The summed E-state index contributed by atoms with van der Waals surface area (Å²) in [5.41, 5.74) is 5.30. The number of primary amides is 1. The Morgan fingerprint density at radius 3 is 2.62 bits per heavy atom. The smallest absolute Gasteiger partial charge is 0.332 e. The van der Waals surface area contributed by atoms with Crippen molar-refractivity contribution in [2.75, 3.05) is 0 Å². The Hall–Kier alpha value is -1.32. The fourth-order valence-corrected chi connectivity index (χ4v) is 1.76. The monoisotopic (exact) mass is 183 g/mol. The van der Waals surface area contributed by atoms with Crippen LogP contribution in [0.15, 0.2) is 11.6 Å². The van der Waals surface area contributed by atoms with Gasteiger partial charge in [0.1, 0.15) is 0 Å². The first-order valence-electron chi connectivity index (χ1n) is 4.26. The lowest BCUT2D eigenvalue weighted by molar-refractivity contribution is -0.136. The number of amides is 1. The molecule has 1 amide bonds. The maximum atomic E-state index is 11.0. The van der Waals surface area contributed by atoms with Crippen LogP contribution in [0.4, 0.5) is 0 Å². The van der Waals surface area contributed by atoms with E-state index in [1.165, 1.54) is 0 Å². The summed E-state index contributed by atoms with van der Waals surface area (Å²) in [5, 5.41) is 8.80. The minimum atomic E-state index is -1.03. The van der Waals surface area contributed by atoms with Crippen LogP contribution in [-0.2, 0) is 9.59 Å². The first-order chi connectivity index (χ1) is 6.04. The summed E-state index contributed by atoms with van der Waals surface area (Å²) in [7, 11) is 0. The number of aliphatic carboxylic acids is 1. The van der Waals surface area contributed by atoms with Crippen LogP contribution in [0.2, 0.25) is 0 Å². The van der Waals surface area contributed by atoms with Crippen LogP contribution in [0.25, 0.3) is 0 Å². The first kappa shape index (κ1) is 9.77. The summed E-state index contributed by atoms with van der Waals surface area (Å²) < 4.78 is 0. The molecule has 2 atom stereocenters.